The summed E-state index contributed by atoms with van der Waals surface area (Å²) in [6.45, 7) is 1.86. The topological polar surface area (TPSA) is 35.8 Å². The van der Waals surface area contributed by atoms with Crippen LogP contribution in [0.2, 0.25) is 0 Å². The minimum atomic E-state index is -0.500. The van der Waals surface area contributed by atoms with Gasteiger partial charge in [0, 0.05) is 10.6 Å². The molecule has 2 nitrogen and oxygen atoms in total. The highest BCUT2D eigenvalue weighted by atomic mass is 32.2. The summed E-state index contributed by atoms with van der Waals surface area (Å²) < 4.78 is 12.9. The van der Waals surface area contributed by atoms with Gasteiger partial charge in [-0.1, -0.05) is 6.07 Å². The molecule has 0 bridgehead atoms. The third-order valence-corrected chi connectivity index (χ3v) is 3.46. The molecule has 1 unspecified atom stereocenters. The maximum Gasteiger partial charge on any atom is 0.124 e. The normalized spacial score (nSPS) is 14.1. The van der Waals surface area contributed by atoms with Gasteiger partial charge in [-0.3, -0.25) is 0 Å². The Morgan fingerprint density at radius 2 is 2.31 bits per heavy atom. The fraction of sp³-hybridized carbons (Fsp3) is 0.417. The molecule has 0 aliphatic rings. The number of nitriles is 1. The first-order valence-corrected chi connectivity index (χ1v) is 6.07. The predicted molar refractivity (Wildman–Crippen MR) is 64.8 cm³/mol. The first kappa shape index (κ1) is 13.0. The van der Waals surface area contributed by atoms with Crippen LogP contribution < -0.4 is 5.32 Å². The van der Waals surface area contributed by atoms with E-state index in [1.807, 2.05) is 13.0 Å². The first-order chi connectivity index (χ1) is 7.59. The molecule has 86 valence electrons. The zero-order valence-electron chi connectivity index (χ0n) is 9.46. The Morgan fingerprint density at radius 3 is 2.88 bits per heavy atom. The molecule has 0 radical (unpaired) electrons. The lowest BCUT2D eigenvalue weighted by atomic mass is 10.0. The van der Waals surface area contributed by atoms with E-state index in [0.29, 0.717) is 0 Å². The second kappa shape index (κ2) is 5.88. The van der Waals surface area contributed by atoms with Crippen LogP contribution in [0.25, 0.3) is 0 Å². The van der Waals surface area contributed by atoms with Gasteiger partial charge in [0.2, 0.25) is 0 Å². The van der Waals surface area contributed by atoms with Crippen LogP contribution >= 0.6 is 11.8 Å². The Bertz CT molecular complexity index is 389. The molecule has 1 atom stereocenters. The van der Waals surface area contributed by atoms with Crippen molar-refractivity contribution in [2.24, 2.45) is 0 Å². The molecule has 1 aromatic rings. The van der Waals surface area contributed by atoms with Crippen molar-refractivity contribution < 1.29 is 4.39 Å². The van der Waals surface area contributed by atoms with E-state index in [9.17, 15) is 4.39 Å². The van der Waals surface area contributed by atoms with Gasteiger partial charge < -0.3 is 5.32 Å². The molecular formula is C12H15FN2S. The summed E-state index contributed by atoms with van der Waals surface area (Å²) in [7, 11) is 1.77. The molecule has 4 heteroatoms. The molecule has 1 aromatic carbocycles. The van der Waals surface area contributed by atoms with Crippen molar-refractivity contribution in [3.05, 3.63) is 30.1 Å². The molecule has 0 aliphatic heterocycles. The predicted octanol–water partition coefficient (Wildman–Crippen LogP) is 2.81. The maximum absolute atomic E-state index is 12.9. The van der Waals surface area contributed by atoms with Crippen molar-refractivity contribution >= 4 is 11.8 Å². The van der Waals surface area contributed by atoms with Crippen molar-refractivity contribution in [3.8, 4) is 6.07 Å². The van der Waals surface area contributed by atoms with E-state index in [1.54, 1.807) is 24.9 Å². The smallest absolute Gasteiger partial charge is 0.124 e. The average Bonchev–Trinajstić information content (AvgIpc) is 2.29. The minimum absolute atomic E-state index is 0.221. The van der Waals surface area contributed by atoms with E-state index in [4.69, 9.17) is 5.26 Å². The van der Waals surface area contributed by atoms with E-state index in [2.05, 4.69) is 11.4 Å². The highest BCUT2D eigenvalue weighted by molar-refractivity contribution is 7.99. The monoisotopic (exact) mass is 238 g/mol. The van der Waals surface area contributed by atoms with Gasteiger partial charge in [-0.2, -0.15) is 5.26 Å². The molecule has 0 heterocycles. The summed E-state index contributed by atoms with van der Waals surface area (Å²) in [5.74, 6) is 0.565. The number of halogens is 1. The number of nitrogens with zero attached hydrogens (tertiary/aromatic N) is 1. The third-order valence-electron chi connectivity index (χ3n) is 2.47. The second-order valence-electron chi connectivity index (χ2n) is 3.75. The highest BCUT2D eigenvalue weighted by Gasteiger charge is 2.20. The lowest BCUT2D eigenvalue weighted by molar-refractivity contribution is 0.479. The van der Waals surface area contributed by atoms with Crippen LogP contribution in [0.15, 0.2) is 29.2 Å². The molecule has 0 amide bonds. The van der Waals surface area contributed by atoms with Gasteiger partial charge in [0.25, 0.3) is 0 Å². The molecule has 0 saturated carbocycles. The highest BCUT2D eigenvalue weighted by Crippen LogP contribution is 2.22. The van der Waals surface area contributed by atoms with Crippen molar-refractivity contribution in [2.75, 3.05) is 12.8 Å². The Balaban J connectivity index is 2.45. The largest absolute Gasteiger partial charge is 0.303 e. The van der Waals surface area contributed by atoms with Crippen LogP contribution in [-0.4, -0.2) is 18.3 Å². The van der Waals surface area contributed by atoms with Crippen molar-refractivity contribution in [3.63, 3.8) is 0 Å². The van der Waals surface area contributed by atoms with Crippen LogP contribution in [0.4, 0.5) is 4.39 Å². The Labute approximate surface area is 99.9 Å². The SMILES string of the molecule is CNC(C)(C#N)CCSc1cccc(F)c1. The summed E-state index contributed by atoms with van der Waals surface area (Å²) >= 11 is 1.56. The van der Waals surface area contributed by atoms with E-state index < -0.39 is 5.54 Å². The number of hydrogen-bond acceptors (Lipinski definition) is 3. The zero-order chi connectivity index (χ0) is 12.0. The molecule has 1 N–H and O–H groups in total. The molecule has 0 aliphatic carbocycles. The van der Waals surface area contributed by atoms with E-state index in [-0.39, 0.29) is 5.82 Å². The molecule has 0 aromatic heterocycles. The molecular weight excluding hydrogens is 223 g/mol. The summed E-state index contributed by atoms with van der Waals surface area (Å²) in [5.41, 5.74) is -0.500. The molecule has 16 heavy (non-hydrogen) atoms. The Hall–Kier alpha value is -1.05. The third kappa shape index (κ3) is 3.84. The van der Waals surface area contributed by atoms with Gasteiger partial charge in [-0.15, -0.1) is 11.8 Å². The van der Waals surface area contributed by atoms with Crippen LogP contribution in [0.3, 0.4) is 0 Å². The Morgan fingerprint density at radius 1 is 1.56 bits per heavy atom. The Kier molecular flexibility index (Phi) is 4.78. The quantitative estimate of drug-likeness (QED) is 0.801. The van der Waals surface area contributed by atoms with Crippen molar-refractivity contribution in [2.45, 2.75) is 23.8 Å². The number of nitrogens with one attached hydrogen (secondary N) is 1. The van der Waals surface area contributed by atoms with Crippen LogP contribution in [0.5, 0.6) is 0 Å². The summed E-state index contributed by atoms with van der Waals surface area (Å²) in [4.78, 5) is 0.899. The number of hydrogen-bond donors (Lipinski definition) is 1. The van der Waals surface area contributed by atoms with Crippen LogP contribution in [0.1, 0.15) is 13.3 Å². The summed E-state index contributed by atoms with van der Waals surface area (Å²) in [6.07, 6.45) is 0.723. The van der Waals surface area contributed by atoms with Gasteiger partial charge in [0.05, 0.1) is 6.07 Å². The lowest BCUT2D eigenvalue weighted by Crippen LogP contribution is -2.38. The van der Waals surface area contributed by atoms with Crippen LogP contribution in [-0.2, 0) is 0 Å². The standard InChI is InChI=1S/C12H15FN2S/c1-12(9-14,15-2)6-7-16-11-5-3-4-10(13)8-11/h3-5,8,15H,6-7H2,1-2H3. The van der Waals surface area contributed by atoms with Crippen molar-refractivity contribution in [1.29, 1.82) is 5.26 Å². The van der Waals surface area contributed by atoms with Gasteiger partial charge in [-0.05, 0) is 38.6 Å². The number of benzene rings is 1. The first-order valence-electron chi connectivity index (χ1n) is 5.08. The van der Waals surface area contributed by atoms with Gasteiger partial charge in [-0.25, -0.2) is 4.39 Å². The van der Waals surface area contributed by atoms with Crippen molar-refractivity contribution in [1.82, 2.24) is 5.32 Å². The molecule has 1 rings (SSSR count). The maximum atomic E-state index is 12.9. The van der Waals surface area contributed by atoms with E-state index >= 15 is 0 Å². The molecule has 0 fully saturated rings. The number of thioether (sulfide) groups is 1. The summed E-state index contributed by atoms with van der Waals surface area (Å²) in [6, 6.07) is 8.73. The molecule has 0 saturated heterocycles. The molecule has 0 spiro atoms. The van der Waals surface area contributed by atoms with E-state index in [0.717, 1.165) is 17.1 Å². The van der Waals surface area contributed by atoms with Crippen LogP contribution in [0, 0.1) is 17.1 Å². The van der Waals surface area contributed by atoms with Gasteiger partial charge >= 0.3 is 0 Å². The zero-order valence-corrected chi connectivity index (χ0v) is 10.3. The fourth-order valence-corrected chi connectivity index (χ4v) is 2.28. The van der Waals surface area contributed by atoms with E-state index in [1.165, 1.54) is 12.1 Å². The van der Waals surface area contributed by atoms with Gasteiger partial charge in [0.15, 0.2) is 0 Å². The summed E-state index contributed by atoms with van der Waals surface area (Å²) in [5, 5.41) is 11.9. The fourth-order valence-electron chi connectivity index (χ4n) is 1.17. The second-order valence-corrected chi connectivity index (χ2v) is 4.92. The lowest BCUT2D eigenvalue weighted by Gasteiger charge is -2.19. The average molecular weight is 238 g/mol. The number of rotatable bonds is 5. The minimum Gasteiger partial charge on any atom is -0.303 e. The van der Waals surface area contributed by atoms with Gasteiger partial charge in [0.1, 0.15) is 11.4 Å².